The fourth-order valence-electron chi connectivity index (χ4n) is 2.40. The van der Waals surface area contributed by atoms with E-state index in [-0.39, 0.29) is 0 Å². The number of benzene rings is 1. The van der Waals surface area contributed by atoms with Crippen molar-refractivity contribution in [1.82, 2.24) is 15.0 Å². The van der Waals surface area contributed by atoms with Gasteiger partial charge in [-0.1, -0.05) is 18.2 Å². The highest BCUT2D eigenvalue weighted by molar-refractivity contribution is 6.00. The Morgan fingerprint density at radius 3 is 2.57 bits per heavy atom. The molecule has 3 aromatic rings. The number of H-pyrrole nitrogens is 1. The Hall–Kier alpha value is -2.69. The maximum Gasteiger partial charge on any atom is 0.243 e. The highest BCUT2D eigenvalue weighted by Gasteiger charge is 2.05. The van der Waals surface area contributed by atoms with Gasteiger partial charge in [-0.3, -0.25) is 0 Å². The molecule has 0 aliphatic rings. The number of hydrazone groups is 1. The number of anilines is 1. The van der Waals surface area contributed by atoms with Crippen LogP contribution in [-0.4, -0.2) is 21.2 Å². The van der Waals surface area contributed by atoms with Crippen LogP contribution in [0.4, 0.5) is 5.95 Å². The van der Waals surface area contributed by atoms with E-state index in [9.17, 15) is 0 Å². The molecule has 0 fully saturated rings. The number of hydrogen-bond acceptors (Lipinski definition) is 4. The van der Waals surface area contributed by atoms with Crippen LogP contribution in [0.2, 0.25) is 0 Å². The predicted molar refractivity (Wildman–Crippen MR) is 85.8 cm³/mol. The zero-order valence-corrected chi connectivity index (χ0v) is 12.3. The molecule has 1 aromatic carbocycles. The van der Waals surface area contributed by atoms with Crippen molar-refractivity contribution in [2.75, 3.05) is 5.43 Å². The summed E-state index contributed by atoms with van der Waals surface area (Å²) in [5.74, 6) is 0.515. The van der Waals surface area contributed by atoms with Crippen LogP contribution < -0.4 is 5.43 Å². The van der Waals surface area contributed by atoms with E-state index in [1.807, 2.05) is 39.0 Å². The summed E-state index contributed by atoms with van der Waals surface area (Å²) < 4.78 is 0. The number of aryl methyl sites for hydroxylation is 3. The van der Waals surface area contributed by atoms with Crippen molar-refractivity contribution in [3.8, 4) is 0 Å². The first kappa shape index (κ1) is 13.3. The molecule has 5 heteroatoms. The van der Waals surface area contributed by atoms with Crippen LogP contribution in [0.3, 0.4) is 0 Å². The molecule has 0 aliphatic carbocycles. The molecule has 0 unspecified atom stereocenters. The van der Waals surface area contributed by atoms with Gasteiger partial charge in [0.25, 0.3) is 0 Å². The first-order valence-corrected chi connectivity index (χ1v) is 6.82. The van der Waals surface area contributed by atoms with E-state index in [0.717, 1.165) is 33.5 Å². The third-order valence-corrected chi connectivity index (χ3v) is 3.28. The lowest BCUT2D eigenvalue weighted by atomic mass is 10.1. The number of fused-ring (bicyclic) bond motifs is 1. The average Bonchev–Trinajstić information content (AvgIpc) is 2.74. The van der Waals surface area contributed by atoms with Crippen molar-refractivity contribution in [3.05, 3.63) is 53.0 Å². The van der Waals surface area contributed by atoms with E-state index < -0.39 is 0 Å². The molecule has 0 saturated heterocycles. The SMILES string of the molecule is Cc1cc(C)nc(N/N=C/c2c(C)[nH]c3ccccc23)n1. The minimum absolute atomic E-state index is 0.515. The second-order valence-electron chi connectivity index (χ2n) is 5.05. The van der Waals surface area contributed by atoms with Crippen LogP contribution in [0.25, 0.3) is 10.9 Å². The molecular formula is C16H17N5. The summed E-state index contributed by atoms with van der Waals surface area (Å²) in [7, 11) is 0. The molecule has 0 aliphatic heterocycles. The van der Waals surface area contributed by atoms with Gasteiger partial charge in [-0.25, -0.2) is 15.4 Å². The van der Waals surface area contributed by atoms with Crippen molar-refractivity contribution in [3.63, 3.8) is 0 Å². The molecule has 2 heterocycles. The second kappa shape index (κ2) is 5.36. The monoisotopic (exact) mass is 279 g/mol. The fraction of sp³-hybridized carbons (Fsp3) is 0.188. The standard InChI is InChI=1S/C16H17N5/c1-10-8-11(2)19-16(18-10)21-17-9-14-12(3)20-15-7-5-4-6-13(14)15/h4-9,20H,1-3H3,(H,18,19,21)/b17-9+. The summed E-state index contributed by atoms with van der Waals surface area (Å²) in [6, 6.07) is 10.1. The predicted octanol–water partition coefficient (Wildman–Crippen LogP) is 3.33. The van der Waals surface area contributed by atoms with Crippen molar-refractivity contribution < 1.29 is 0 Å². The quantitative estimate of drug-likeness (QED) is 0.571. The molecule has 106 valence electrons. The average molecular weight is 279 g/mol. The lowest BCUT2D eigenvalue weighted by Crippen LogP contribution is -1.99. The third kappa shape index (κ3) is 2.76. The number of para-hydroxylation sites is 1. The molecular weight excluding hydrogens is 262 g/mol. The van der Waals surface area contributed by atoms with Gasteiger partial charge in [-0.2, -0.15) is 5.10 Å². The maximum absolute atomic E-state index is 4.29. The van der Waals surface area contributed by atoms with E-state index in [2.05, 4.69) is 37.6 Å². The van der Waals surface area contributed by atoms with Gasteiger partial charge < -0.3 is 4.98 Å². The molecule has 2 aromatic heterocycles. The van der Waals surface area contributed by atoms with Gasteiger partial charge in [0.1, 0.15) is 0 Å². The van der Waals surface area contributed by atoms with Crippen LogP contribution in [0.15, 0.2) is 35.4 Å². The molecule has 5 nitrogen and oxygen atoms in total. The second-order valence-corrected chi connectivity index (χ2v) is 5.05. The van der Waals surface area contributed by atoms with Crippen molar-refractivity contribution in [2.24, 2.45) is 5.10 Å². The van der Waals surface area contributed by atoms with Crippen LogP contribution >= 0.6 is 0 Å². The summed E-state index contributed by atoms with van der Waals surface area (Å²) in [6.45, 7) is 5.91. The van der Waals surface area contributed by atoms with Crippen LogP contribution in [-0.2, 0) is 0 Å². The van der Waals surface area contributed by atoms with Gasteiger partial charge in [0.05, 0.1) is 6.21 Å². The lowest BCUT2D eigenvalue weighted by Gasteiger charge is -2.01. The minimum atomic E-state index is 0.515. The van der Waals surface area contributed by atoms with Crippen molar-refractivity contribution in [2.45, 2.75) is 20.8 Å². The summed E-state index contributed by atoms with van der Waals surface area (Å²) in [5.41, 5.74) is 8.00. The van der Waals surface area contributed by atoms with Gasteiger partial charge in [-0.05, 0) is 32.9 Å². The largest absolute Gasteiger partial charge is 0.358 e. The first-order valence-electron chi connectivity index (χ1n) is 6.82. The van der Waals surface area contributed by atoms with Gasteiger partial charge in [0, 0.05) is 33.5 Å². The Kier molecular flexibility index (Phi) is 3.39. The highest BCUT2D eigenvalue weighted by atomic mass is 15.3. The van der Waals surface area contributed by atoms with Gasteiger partial charge in [-0.15, -0.1) is 0 Å². The molecule has 21 heavy (non-hydrogen) atoms. The zero-order chi connectivity index (χ0) is 14.8. The van der Waals surface area contributed by atoms with E-state index in [4.69, 9.17) is 0 Å². The zero-order valence-electron chi connectivity index (χ0n) is 12.3. The highest BCUT2D eigenvalue weighted by Crippen LogP contribution is 2.19. The topological polar surface area (TPSA) is 66.0 Å². The number of aromatic amines is 1. The number of hydrogen-bond donors (Lipinski definition) is 2. The van der Waals surface area contributed by atoms with E-state index >= 15 is 0 Å². The van der Waals surface area contributed by atoms with E-state index in [1.165, 1.54) is 0 Å². The van der Waals surface area contributed by atoms with Gasteiger partial charge in [0.2, 0.25) is 5.95 Å². The Bertz CT molecular complexity index is 796. The molecule has 2 N–H and O–H groups in total. The van der Waals surface area contributed by atoms with Crippen LogP contribution in [0.5, 0.6) is 0 Å². The molecule has 0 saturated carbocycles. The Labute approximate surface area is 123 Å². The van der Waals surface area contributed by atoms with Crippen LogP contribution in [0, 0.1) is 20.8 Å². The number of nitrogens with one attached hydrogen (secondary N) is 2. The molecule has 0 amide bonds. The molecule has 0 bridgehead atoms. The summed E-state index contributed by atoms with van der Waals surface area (Å²) in [4.78, 5) is 11.9. The summed E-state index contributed by atoms with van der Waals surface area (Å²) >= 11 is 0. The maximum atomic E-state index is 4.29. The number of nitrogens with zero attached hydrogens (tertiary/aromatic N) is 3. The molecule has 0 atom stereocenters. The normalized spacial score (nSPS) is 11.4. The Morgan fingerprint density at radius 1 is 1.10 bits per heavy atom. The lowest BCUT2D eigenvalue weighted by molar-refractivity contribution is 1.04. The third-order valence-electron chi connectivity index (χ3n) is 3.28. The molecule has 0 radical (unpaired) electrons. The minimum Gasteiger partial charge on any atom is -0.358 e. The molecule has 3 rings (SSSR count). The van der Waals surface area contributed by atoms with E-state index in [1.54, 1.807) is 6.21 Å². The van der Waals surface area contributed by atoms with Crippen molar-refractivity contribution in [1.29, 1.82) is 0 Å². The molecule has 0 spiro atoms. The Balaban J connectivity index is 1.86. The first-order chi connectivity index (χ1) is 10.1. The summed E-state index contributed by atoms with van der Waals surface area (Å²) in [6.07, 6.45) is 1.80. The van der Waals surface area contributed by atoms with E-state index in [0.29, 0.717) is 5.95 Å². The Morgan fingerprint density at radius 2 is 1.81 bits per heavy atom. The number of rotatable bonds is 3. The summed E-state index contributed by atoms with van der Waals surface area (Å²) in [5, 5.41) is 5.41. The van der Waals surface area contributed by atoms with Gasteiger partial charge >= 0.3 is 0 Å². The van der Waals surface area contributed by atoms with Crippen molar-refractivity contribution >= 4 is 23.1 Å². The fourth-order valence-corrected chi connectivity index (χ4v) is 2.40. The van der Waals surface area contributed by atoms with Crippen LogP contribution in [0.1, 0.15) is 22.6 Å². The smallest absolute Gasteiger partial charge is 0.243 e. The van der Waals surface area contributed by atoms with Gasteiger partial charge in [0.15, 0.2) is 0 Å². The number of aromatic nitrogens is 3.